The summed E-state index contributed by atoms with van der Waals surface area (Å²) in [6, 6.07) is 10.1. The van der Waals surface area contributed by atoms with Gasteiger partial charge in [-0.15, -0.1) is 0 Å². The van der Waals surface area contributed by atoms with Crippen molar-refractivity contribution in [3.63, 3.8) is 0 Å². The first-order valence-electron chi connectivity index (χ1n) is 9.84. The summed E-state index contributed by atoms with van der Waals surface area (Å²) in [6.07, 6.45) is 0. The largest absolute Gasteiger partial charge is 0.332 e. The molecule has 0 radical (unpaired) electrons. The smallest absolute Gasteiger partial charge is 0.320 e. The second-order valence-electron chi connectivity index (χ2n) is 7.16. The lowest BCUT2D eigenvalue weighted by molar-refractivity contribution is 0.290. The van der Waals surface area contributed by atoms with Crippen molar-refractivity contribution < 1.29 is 0 Å². The van der Waals surface area contributed by atoms with Crippen LogP contribution >= 0.6 is 0 Å². The number of hydrogen-bond acceptors (Lipinski definition) is 4. The second kappa shape index (κ2) is 8.14. The Morgan fingerprint density at radius 1 is 1.04 bits per heavy atom. The average Bonchev–Trinajstić information content (AvgIpc) is 3.11. The highest BCUT2D eigenvalue weighted by Crippen LogP contribution is 2.25. The van der Waals surface area contributed by atoms with Gasteiger partial charge in [-0.1, -0.05) is 51.1 Å². The van der Waals surface area contributed by atoms with Crippen LogP contribution < -0.4 is 11.2 Å². The van der Waals surface area contributed by atoms with Crippen LogP contribution in [0.25, 0.3) is 11.2 Å². The van der Waals surface area contributed by atoms with Crippen molar-refractivity contribution in [1.29, 1.82) is 0 Å². The first kappa shape index (κ1) is 20.1. The quantitative estimate of drug-likeness (QED) is 0.625. The van der Waals surface area contributed by atoms with Gasteiger partial charge in [-0.3, -0.25) is 13.9 Å². The van der Waals surface area contributed by atoms with E-state index in [0.717, 1.165) is 35.6 Å². The Labute approximate surface area is 164 Å². The molecule has 0 aliphatic rings. The van der Waals surface area contributed by atoms with E-state index >= 15 is 0 Å². The predicted octanol–water partition coefficient (Wildman–Crippen LogP) is 1.93. The van der Waals surface area contributed by atoms with E-state index < -0.39 is 0 Å². The summed E-state index contributed by atoms with van der Waals surface area (Å²) >= 11 is 0. The molecule has 0 spiro atoms. The Kier molecular flexibility index (Phi) is 5.84. The Hall–Kier alpha value is -2.67. The number of benzene rings is 1. The third-order valence-corrected chi connectivity index (χ3v) is 5.60. The average molecular weight is 383 g/mol. The molecule has 2 aromatic heterocycles. The number of aromatic nitrogens is 4. The SMILES string of the molecule is CCN(CC)CCn1c(C(C)c2ccccc2)nc2c1c(=O)n(C)c(=O)n2C. The number of hydrogen-bond donors (Lipinski definition) is 0. The van der Waals surface area contributed by atoms with Gasteiger partial charge in [0.05, 0.1) is 0 Å². The Morgan fingerprint density at radius 2 is 1.68 bits per heavy atom. The van der Waals surface area contributed by atoms with Crippen molar-refractivity contribution in [2.75, 3.05) is 19.6 Å². The summed E-state index contributed by atoms with van der Waals surface area (Å²) in [4.78, 5) is 32.4. The van der Waals surface area contributed by atoms with Crippen LogP contribution in [-0.4, -0.2) is 43.2 Å². The summed E-state index contributed by atoms with van der Waals surface area (Å²) < 4.78 is 4.63. The third-order valence-electron chi connectivity index (χ3n) is 5.60. The number of nitrogens with zero attached hydrogens (tertiary/aromatic N) is 5. The molecule has 150 valence electrons. The monoisotopic (exact) mass is 383 g/mol. The maximum atomic E-state index is 13.0. The molecule has 0 aliphatic carbocycles. The molecule has 0 N–H and O–H groups in total. The van der Waals surface area contributed by atoms with Crippen molar-refractivity contribution in [1.82, 2.24) is 23.6 Å². The minimum absolute atomic E-state index is 0.00473. The van der Waals surface area contributed by atoms with Crippen LogP contribution in [0.1, 0.15) is 38.1 Å². The molecule has 7 nitrogen and oxygen atoms in total. The highest BCUT2D eigenvalue weighted by molar-refractivity contribution is 5.71. The molecule has 1 unspecified atom stereocenters. The fourth-order valence-corrected chi connectivity index (χ4v) is 3.69. The predicted molar refractivity (Wildman–Crippen MR) is 112 cm³/mol. The van der Waals surface area contributed by atoms with E-state index in [1.165, 1.54) is 11.6 Å². The summed E-state index contributed by atoms with van der Waals surface area (Å²) in [7, 11) is 3.19. The molecule has 28 heavy (non-hydrogen) atoms. The van der Waals surface area contributed by atoms with E-state index in [-0.39, 0.29) is 17.2 Å². The number of rotatable bonds is 7. The number of likely N-dealkylation sites (N-methyl/N-ethyl adjacent to an activating group) is 1. The maximum Gasteiger partial charge on any atom is 0.332 e. The van der Waals surface area contributed by atoms with Crippen molar-refractivity contribution in [3.05, 3.63) is 62.6 Å². The van der Waals surface area contributed by atoms with Crippen LogP contribution in [0.5, 0.6) is 0 Å². The summed E-state index contributed by atoms with van der Waals surface area (Å²) in [5.41, 5.74) is 1.42. The van der Waals surface area contributed by atoms with Gasteiger partial charge in [0.1, 0.15) is 5.82 Å². The van der Waals surface area contributed by atoms with Gasteiger partial charge in [0, 0.05) is 33.1 Å². The van der Waals surface area contributed by atoms with Crippen LogP contribution in [0.4, 0.5) is 0 Å². The highest BCUT2D eigenvalue weighted by Gasteiger charge is 2.23. The Bertz CT molecular complexity index is 1070. The van der Waals surface area contributed by atoms with Gasteiger partial charge in [0.25, 0.3) is 5.56 Å². The molecule has 0 aliphatic heterocycles. The molecule has 7 heteroatoms. The minimum atomic E-state index is -0.357. The Morgan fingerprint density at radius 3 is 2.29 bits per heavy atom. The van der Waals surface area contributed by atoms with Crippen molar-refractivity contribution in [2.45, 2.75) is 33.2 Å². The molecule has 0 saturated carbocycles. The minimum Gasteiger partial charge on any atom is -0.320 e. The fraction of sp³-hybridized carbons (Fsp3) is 0.476. The molecular weight excluding hydrogens is 354 g/mol. The standard InChI is InChI=1S/C21H29N5O2/c1-6-25(7-2)13-14-26-17-19(23(4)21(28)24(5)20(17)27)22-18(26)15(3)16-11-9-8-10-12-16/h8-12,15H,6-7,13-14H2,1-5H3. The number of fused-ring (bicyclic) bond motifs is 1. The molecule has 0 amide bonds. The lowest BCUT2D eigenvalue weighted by Crippen LogP contribution is -2.38. The first-order valence-corrected chi connectivity index (χ1v) is 9.84. The van der Waals surface area contributed by atoms with Gasteiger partial charge in [-0.05, 0) is 18.7 Å². The van der Waals surface area contributed by atoms with Gasteiger partial charge < -0.3 is 9.47 Å². The van der Waals surface area contributed by atoms with Crippen molar-refractivity contribution in [2.24, 2.45) is 14.1 Å². The van der Waals surface area contributed by atoms with E-state index in [9.17, 15) is 9.59 Å². The highest BCUT2D eigenvalue weighted by atomic mass is 16.2. The Balaban J connectivity index is 2.23. The van der Waals surface area contributed by atoms with Crippen molar-refractivity contribution in [3.8, 4) is 0 Å². The second-order valence-corrected chi connectivity index (χ2v) is 7.16. The molecule has 0 bridgehead atoms. The van der Waals surface area contributed by atoms with Gasteiger partial charge in [-0.25, -0.2) is 9.78 Å². The molecule has 0 fully saturated rings. The lowest BCUT2D eigenvalue weighted by Gasteiger charge is -2.20. The van der Waals surface area contributed by atoms with Crippen LogP contribution in [0.3, 0.4) is 0 Å². The third kappa shape index (κ3) is 3.42. The molecule has 1 aromatic carbocycles. The van der Waals surface area contributed by atoms with E-state index in [0.29, 0.717) is 17.7 Å². The first-order chi connectivity index (χ1) is 13.4. The van der Waals surface area contributed by atoms with Gasteiger partial charge in [0.2, 0.25) is 0 Å². The van der Waals surface area contributed by atoms with E-state index in [1.807, 2.05) is 22.8 Å². The molecular formula is C21H29N5O2. The molecule has 3 rings (SSSR count). The van der Waals surface area contributed by atoms with Gasteiger partial charge >= 0.3 is 5.69 Å². The van der Waals surface area contributed by atoms with Crippen LogP contribution in [0.2, 0.25) is 0 Å². The van der Waals surface area contributed by atoms with E-state index in [1.54, 1.807) is 7.05 Å². The molecule has 3 aromatic rings. The lowest BCUT2D eigenvalue weighted by atomic mass is 10.0. The van der Waals surface area contributed by atoms with Gasteiger partial charge in [-0.2, -0.15) is 0 Å². The maximum absolute atomic E-state index is 13.0. The number of aryl methyl sites for hydroxylation is 1. The van der Waals surface area contributed by atoms with Crippen molar-refractivity contribution >= 4 is 11.2 Å². The molecule has 2 heterocycles. The molecule has 1 atom stereocenters. The summed E-state index contributed by atoms with van der Waals surface area (Å²) in [5, 5.41) is 0. The van der Waals surface area contributed by atoms with Crippen LogP contribution in [0.15, 0.2) is 39.9 Å². The zero-order valence-corrected chi connectivity index (χ0v) is 17.3. The summed E-state index contributed by atoms with van der Waals surface area (Å²) in [5.74, 6) is 0.816. The van der Waals surface area contributed by atoms with Crippen LogP contribution in [0, 0.1) is 0 Å². The van der Waals surface area contributed by atoms with Gasteiger partial charge in [0.15, 0.2) is 11.2 Å². The number of imidazole rings is 1. The molecule has 0 saturated heterocycles. The summed E-state index contributed by atoms with van der Waals surface area (Å²) in [6.45, 7) is 9.72. The normalized spacial score (nSPS) is 12.8. The zero-order chi connectivity index (χ0) is 20.4. The topological polar surface area (TPSA) is 65.1 Å². The fourth-order valence-electron chi connectivity index (χ4n) is 3.69. The van der Waals surface area contributed by atoms with E-state index in [4.69, 9.17) is 4.98 Å². The van der Waals surface area contributed by atoms with Crippen LogP contribution in [-0.2, 0) is 20.6 Å². The van der Waals surface area contributed by atoms with E-state index in [2.05, 4.69) is 37.8 Å². The zero-order valence-electron chi connectivity index (χ0n) is 17.3.